The number of carbonyl (C=O) groups is 2. The summed E-state index contributed by atoms with van der Waals surface area (Å²) < 4.78 is 10.5. The van der Waals surface area contributed by atoms with Crippen LogP contribution >= 0.6 is 11.3 Å². The van der Waals surface area contributed by atoms with E-state index in [9.17, 15) is 9.59 Å². The number of primary amides is 1. The lowest BCUT2D eigenvalue weighted by molar-refractivity contribution is 0.1000. The Labute approximate surface area is 169 Å². The monoisotopic (exact) mass is 402 g/mol. The molecule has 0 spiro atoms. The number of nitrogens with one attached hydrogen (secondary N) is 1. The van der Waals surface area contributed by atoms with Crippen molar-refractivity contribution >= 4 is 28.2 Å². The van der Waals surface area contributed by atoms with E-state index in [-0.39, 0.29) is 5.91 Å². The van der Waals surface area contributed by atoms with Gasteiger partial charge < -0.3 is 20.5 Å². The summed E-state index contributed by atoms with van der Waals surface area (Å²) in [6.07, 6.45) is 5.15. The zero-order valence-corrected chi connectivity index (χ0v) is 17.3. The van der Waals surface area contributed by atoms with Crippen molar-refractivity contribution in [1.29, 1.82) is 0 Å². The van der Waals surface area contributed by atoms with Crippen LogP contribution in [0.3, 0.4) is 0 Å². The van der Waals surface area contributed by atoms with Crippen molar-refractivity contribution in [3.63, 3.8) is 0 Å². The number of amides is 2. The van der Waals surface area contributed by atoms with Crippen molar-refractivity contribution in [3.05, 3.63) is 39.8 Å². The van der Waals surface area contributed by atoms with E-state index in [1.54, 1.807) is 25.3 Å². The van der Waals surface area contributed by atoms with E-state index >= 15 is 0 Å². The SMILES string of the molecule is CCC[C@H]1CCc2c(sc(NC(=O)c3ccc(OC)cc3OC)c2C(N)=O)C1. The van der Waals surface area contributed by atoms with Crippen LogP contribution in [0.1, 0.15) is 57.3 Å². The standard InChI is InChI=1S/C21H26N2O4S/c1-4-5-12-6-8-15-17(10-12)28-21(18(15)19(22)24)23-20(25)14-9-7-13(26-2)11-16(14)27-3/h7,9,11-12H,4-6,8,10H2,1-3H3,(H2,22,24)(H,23,25)/t12-/m0/s1. The lowest BCUT2D eigenvalue weighted by Gasteiger charge is -2.21. The van der Waals surface area contributed by atoms with Gasteiger partial charge in [0.2, 0.25) is 0 Å². The number of rotatable bonds is 7. The molecule has 1 aliphatic rings. The Kier molecular flexibility index (Phi) is 6.24. The van der Waals surface area contributed by atoms with E-state index in [1.807, 2.05) is 0 Å². The van der Waals surface area contributed by atoms with E-state index in [0.29, 0.717) is 33.5 Å². The van der Waals surface area contributed by atoms with Gasteiger partial charge in [-0.3, -0.25) is 9.59 Å². The first-order chi connectivity index (χ1) is 13.5. The van der Waals surface area contributed by atoms with Gasteiger partial charge in [-0.2, -0.15) is 0 Å². The molecule has 6 nitrogen and oxygen atoms in total. The third-order valence-electron chi connectivity index (χ3n) is 5.19. The third kappa shape index (κ3) is 3.99. The summed E-state index contributed by atoms with van der Waals surface area (Å²) in [5, 5.41) is 3.41. The first kappa shape index (κ1) is 20.2. The maximum absolute atomic E-state index is 12.9. The number of anilines is 1. The van der Waals surface area contributed by atoms with Gasteiger partial charge in [0.1, 0.15) is 16.5 Å². The number of hydrogen-bond acceptors (Lipinski definition) is 5. The van der Waals surface area contributed by atoms with E-state index in [2.05, 4.69) is 12.2 Å². The van der Waals surface area contributed by atoms with Gasteiger partial charge in [0.15, 0.2) is 0 Å². The summed E-state index contributed by atoms with van der Waals surface area (Å²) in [7, 11) is 3.05. The lowest BCUT2D eigenvalue weighted by atomic mass is 9.84. The van der Waals surface area contributed by atoms with Gasteiger partial charge in [0, 0.05) is 10.9 Å². The average Bonchev–Trinajstić information content (AvgIpc) is 3.04. The van der Waals surface area contributed by atoms with Crippen LogP contribution in [0.5, 0.6) is 11.5 Å². The van der Waals surface area contributed by atoms with E-state index in [1.165, 1.54) is 24.9 Å². The molecule has 0 radical (unpaired) electrons. The third-order valence-corrected chi connectivity index (χ3v) is 6.36. The van der Waals surface area contributed by atoms with E-state index in [0.717, 1.165) is 36.1 Å². The van der Waals surface area contributed by atoms with Crippen molar-refractivity contribution in [1.82, 2.24) is 0 Å². The van der Waals surface area contributed by atoms with Gasteiger partial charge in [0.05, 0.1) is 25.3 Å². The zero-order valence-electron chi connectivity index (χ0n) is 16.5. The van der Waals surface area contributed by atoms with Crippen LogP contribution in [0.15, 0.2) is 18.2 Å². The Hall–Kier alpha value is -2.54. The van der Waals surface area contributed by atoms with Gasteiger partial charge >= 0.3 is 0 Å². The molecule has 1 atom stereocenters. The molecule has 28 heavy (non-hydrogen) atoms. The van der Waals surface area contributed by atoms with Crippen LogP contribution in [0.4, 0.5) is 5.00 Å². The highest BCUT2D eigenvalue weighted by Gasteiger charge is 2.29. The van der Waals surface area contributed by atoms with Crippen molar-refractivity contribution in [2.75, 3.05) is 19.5 Å². The van der Waals surface area contributed by atoms with Crippen molar-refractivity contribution in [2.24, 2.45) is 11.7 Å². The van der Waals surface area contributed by atoms with Crippen molar-refractivity contribution in [3.8, 4) is 11.5 Å². The summed E-state index contributed by atoms with van der Waals surface area (Å²) in [6.45, 7) is 2.19. The molecule has 1 aromatic heterocycles. The van der Waals surface area contributed by atoms with Gasteiger partial charge in [-0.25, -0.2) is 0 Å². The van der Waals surface area contributed by atoms with Crippen LogP contribution in [0, 0.1) is 5.92 Å². The highest BCUT2D eigenvalue weighted by atomic mass is 32.1. The van der Waals surface area contributed by atoms with Gasteiger partial charge in [0.25, 0.3) is 11.8 Å². The quantitative estimate of drug-likeness (QED) is 0.732. The maximum Gasteiger partial charge on any atom is 0.260 e. The van der Waals surface area contributed by atoms with Crippen molar-refractivity contribution in [2.45, 2.75) is 39.0 Å². The second kappa shape index (κ2) is 8.65. The predicted octanol–water partition coefficient (Wildman–Crippen LogP) is 4.02. The summed E-state index contributed by atoms with van der Waals surface area (Å²) in [5.41, 5.74) is 7.49. The Morgan fingerprint density at radius 2 is 2.07 bits per heavy atom. The summed E-state index contributed by atoms with van der Waals surface area (Å²) in [4.78, 5) is 26.2. The largest absolute Gasteiger partial charge is 0.497 e. The van der Waals surface area contributed by atoms with E-state index in [4.69, 9.17) is 15.2 Å². The predicted molar refractivity (Wildman–Crippen MR) is 111 cm³/mol. The number of fused-ring (bicyclic) bond motifs is 1. The molecule has 1 heterocycles. The molecule has 2 amide bonds. The molecule has 3 N–H and O–H groups in total. The second-order valence-electron chi connectivity index (χ2n) is 6.99. The molecule has 0 bridgehead atoms. The fourth-order valence-electron chi connectivity index (χ4n) is 3.81. The number of nitrogens with two attached hydrogens (primary N) is 1. The topological polar surface area (TPSA) is 90.7 Å². The molecule has 1 aromatic carbocycles. The first-order valence-electron chi connectivity index (χ1n) is 9.46. The minimum absolute atomic E-state index is 0.342. The van der Waals surface area contributed by atoms with Crippen LogP contribution in [-0.4, -0.2) is 26.0 Å². The lowest BCUT2D eigenvalue weighted by Crippen LogP contribution is -2.20. The van der Waals surface area contributed by atoms with Crippen LogP contribution < -0.4 is 20.5 Å². The first-order valence-corrected chi connectivity index (χ1v) is 10.3. The molecular weight excluding hydrogens is 376 g/mol. The number of benzene rings is 1. The summed E-state index contributed by atoms with van der Waals surface area (Å²) in [6, 6.07) is 4.99. The maximum atomic E-state index is 12.9. The Balaban J connectivity index is 1.90. The molecule has 0 fully saturated rings. The minimum atomic E-state index is -0.497. The van der Waals surface area contributed by atoms with Gasteiger partial charge in [-0.05, 0) is 42.9 Å². The smallest absolute Gasteiger partial charge is 0.260 e. The molecule has 0 saturated carbocycles. The Bertz CT molecular complexity index is 891. The molecule has 3 rings (SSSR count). The Morgan fingerprint density at radius 3 is 2.71 bits per heavy atom. The Morgan fingerprint density at radius 1 is 1.29 bits per heavy atom. The number of hydrogen-bond donors (Lipinski definition) is 2. The van der Waals surface area contributed by atoms with E-state index < -0.39 is 5.91 Å². The highest BCUT2D eigenvalue weighted by molar-refractivity contribution is 7.17. The van der Waals surface area contributed by atoms with Crippen LogP contribution in [0.2, 0.25) is 0 Å². The molecule has 2 aromatic rings. The van der Waals surface area contributed by atoms with Crippen molar-refractivity contribution < 1.29 is 19.1 Å². The van der Waals surface area contributed by atoms with Gasteiger partial charge in [-0.15, -0.1) is 11.3 Å². The summed E-state index contributed by atoms with van der Waals surface area (Å²) >= 11 is 1.47. The van der Waals surface area contributed by atoms with Crippen LogP contribution in [0.25, 0.3) is 0 Å². The highest BCUT2D eigenvalue weighted by Crippen LogP contribution is 2.41. The molecule has 0 saturated heterocycles. The second-order valence-corrected chi connectivity index (χ2v) is 8.10. The number of ether oxygens (including phenoxy) is 2. The minimum Gasteiger partial charge on any atom is -0.497 e. The molecule has 150 valence electrons. The molecule has 0 unspecified atom stereocenters. The zero-order chi connectivity index (χ0) is 20.3. The fourth-order valence-corrected chi connectivity index (χ4v) is 5.18. The van der Waals surface area contributed by atoms with Crippen LogP contribution in [-0.2, 0) is 12.8 Å². The molecular formula is C21H26N2O4S. The molecule has 7 heteroatoms. The molecule has 0 aliphatic heterocycles. The van der Waals surface area contributed by atoms with Gasteiger partial charge in [-0.1, -0.05) is 19.8 Å². The fraction of sp³-hybridized carbons (Fsp3) is 0.429. The molecule has 1 aliphatic carbocycles. The summed E-state index contributed by atoms with van der Waals surface area (Å²) in [5.74, 6) is 0.790. The number of thiophene rings is 1. The average molecular weight is 403 g/mol. The number of carbonyl (C=O) groups excluding carboxylic acids is 2. The normalized spacial score (nSPS) is 15.6. The number of methoxy groups -OCH3 is 2.